The highest BCUT2D eigenvalue weighted by Gasteiger charge is 2.04. The third-order valence-corrected chi connectivity index (χ3v) is 2.43. The molecule has 1 N–H and O–H groups in total. The fraction of sp³-hybridized carbons (Fsp3) is 0.462. The van der Waals surface area contributed by atoms with Gasteiger partial charge in [0, 0.05) is 19.2 Å². The molecule has 0 amide bonds. The van der Waals surface area contributed by atoms with Crippen LogP contribution in [0.2, 0.25) is 0 Å². The molecule has 0 atom stereocenters. The molecule has 0 bridgehead atoms. The summed E-state index contributed by atoms with van der Waals surface area (Å²) in [7, 11) is 1.65. The molecular weight excluding hydrogens is 202 g/mol. The second-order valence-electron chi connectivity index (χ2n) is 3.65. The second-order valence-corrected chi connectivity index (χ2v) is 3.65. The maximum atomic E-state index is 11.8. The maximum absolute atomic E-state index is 11.8. The smallest absolute Gasteiger partial charge is 0.176 e. The highest BCUT2D eigenvalue weighted by atomic mass is 16.5. The summed E-state index contributed by atoms with van der Waals surface area (Å²) in [5.74, 6) is 0.131. The van der Waals surface area contributed by atoms with Crippen LogP contribution in [0.3, 0.4) is 0 Å². The number of nitrogens with one attached hydrogen (secondary N) is 1. The van der Waals surface area contributed by atoms with Crippen molar-refractivity contribution in [2.45, 2.75) is 13.3 Å². The number of ether oxygens (including phenoxy) is 1. The molecule has 16 heavy (non-hydrogen) atoms. The molecule has 88 valence electrons. The molecule has 0 radical (unpaired) electrons. The zero-order valence-electron chi connectivity index (χ0n) is 9.95. The molecule has 0 unspecified atom stereocenters. The van der Waals surface area contributed by atoms with E-state index in [1.165, 1.54) is 5.56 Å². The maximum Gasteiger partial charge on any atom is 0.176 e. The lowest BCUT2D eigenvalue weighted by atomic mass is 10.1. The predicted octanol–water partition coefficient (Wildman–Crippen LogP) is 1.67. The average Bonchev–Trinajstić information content (AvgIpc) is 2.34. The Morgan fingerprint density at radius 3 is 2.94 bits per heavy atom. The van der Waals surface area contributed by atoms with E-state index in [9.17, 15) is 4.79 Å². The molecule has 0 heterocycles. The van der Waals surface area contributed by atoms with Crippen LogP contribution in [-0.4, -0.2) is 32.6 Å². The van der Waals surface area contributed by atoms with Crippen LogP contribution >= 0.6 is 0 Å². The number of rotatable bonds is 7. The van der Waals surface area contributed by atoms with E-state index in [0.29, 0.717) is 19.7 Å². The van der Waals surface area contributed by atoms with Gasteiger partial charge in [0.15, 0.2) is 5.78 Å². The van der Waals surface area contributed by atoms with Gasteiger partial charge in [-0.3, -0.25) is 4.79 Å². The van der Waals surface area contributed by atoms with Gasteiger partial charge in [-0.15, -0.1) is 0 Å². The van der Waals surface area contributed by atoms with Crippen molar-refractivity contribution in [2.24, 2.45) is 0 Å². The van der Waals surface area contributed by atoms with Crippen LogP contribution in [0.25, 0.3) is 0 Å². The summed E-state index contributed by atoms with van der Waals surface area (Å²) in [5, 5.41) is 3.05. The monoisotopic (exact) mass is 221 g/mol. The first kappa shape index (κ1) is 12.9. The third kappa shape index (κ3) is 4.13. The molecule has 1 rings (SSSR count). The van der Waals surface area contributed by atoms with Crippen molar-refractivity contribution in [1.29, 1.82) is 0 Å². The van der Waals surface area contributed by atoms with Gasteiger partial charge in [0.05, 0.1) is 13.2 Å². The van der Waals surface area contributed by atoms with Crippen molar-refractivity contribution in [3.63, 3.8) is 0 Å². The molecule has 3 heteroatoms. The van der Waals surface area contributed by atoms with Crippen LogP contribution < -0.4 is 5.32 Å². The van der Waals surface area contributed by atoms with E-state index in [1.54, 1.807) is 7.11 Å². The molecule has 0 aliphatic heterocycles. The molecule has 0 saturated heterocycles. The Labute approximate surface area is 96.8 Å². The van der Waals surface area contributed by atoms with Crippen LogP contribution in [-0.2, 0) is 11.2 Å². The zero-order valence-corrected chi connectivity index (χ0v) is 9.95. The number of benzene rings is 1. The van der Waals surface area contributed by atoms with Crippen molar-refractivity contribution in [3.05, 3.63) is 35.4 Å². The molecule has 0 aliphatic carbocycles. The Balaban J connectivity index is 2.46. The summed E-state index contributed by atoms with van der Waals surface area (Å²) in [6.45, 7) is 3.79. The minimum absolute atomic E-state index is 0.131. The average molecular weight is 221 g/mol. The van der Waals surface area contributed by atoms with Gasteiger partial charge in [0.1, 0.15) is 0 Å². The summed E-state index contributed by atoms with van der Waals surface area (Å²) < 4.78 is 4.89. The third-order valence-electron chi connectivity index (χ3n) is 2.43. The molecule has 0 aliphatic rings. The quantitative estimate of drug-likeness (QED) is 0.562. The fourth-order valence-corrected chi connectivity index (χ4v) is 1.44. The Kier molecular flexibility index (Phi) is 5.75. The number of ketones is 1. The summed E-state index contributed by atoms with van der Waals surface area (Å²) >= 11 is 0. The van der Waals surface area contributed by atoms with Crippen LogP contribution in [0, 0.1) is 0 Å². The topological polar surface area (TPSA) is 38.3 Å². The van der Waals surface area contributed by atoms with Gasteiger partial charge in [0.2, 0.25) is 0 Å². The summed E-state index contributed by atoms with van der Waals surface area (Å²) in [6.07, 6.45) is 0.957. The zero-order chi connectivity index (χ0) is 11.8. The summed E-state index contributed by atoms with van der Waals surface area (Å²) in [6, 6.07) is 7.79. The van der Waals surface area contributed by atoms with E-state index >= 15 is 0 Å². The van der Waals surface area contributed by atoms with Gasteiger partial charge < -0.3 is 10.1 Å². The van der Waals surface area contributed by atoms with Gasteiger partial charge in [-0.05, 0) is 18.1 Å². The predicted molar refractivity (Wildman–Crippen MR) is 64.9 cm³/mol. The van der Waals surface area contributed by atoms with Gasteiger partial charge in [0.25, 0.3) is 0 Å². The highest BCUT2D eigenvalue weighted by molar-refractivity contribution is 5.97. The van der Waals surface area contributed by atoms with Crippen LogP contribution in [0.15, 0.2) is 24.3 Å². The number of carbonyl (C=O) groups excluding carboxylic acids is 1. The van der Waals surface area contributed by atoms with Crippen LogP contribution in [0.1, 0.15) is 22.8 Å². The standard InChI is InChI=1S/C13H19NO2/c1-3-11-5-4-6-12(9-11)13(15)10-14-7-8-16-2/h4-6,9,14H,3,7-8,10H2,1-2H3. The Morgan fingerprint density at radius 2 is 2.25 bits per heavy atom. The van der Waals surface area contributed by atoms with E-state index in [0.717, 1.165) is 12.0 Å². The van der Waals surface area contributed by atoms with Gasteiger partial charge in [-0.1, -0.05) is 25.1 Å². The Hall–Kier alpha value is -1.19. The van der Waals surface area contributed by atoms with Crippen LogP contribution in [0.5, 0.6) is 0 Å². The van der Waals surface area contributed by atoms with Gasteiger partial charge in [-0.25, -0.2) is 0 Å². The molecule has 0 spiro atoms. The molecule has 0 fully saturated rings. The van der Waals surface area contributed by atoms with E-state index < -0.39 is 0 Å². The van der Waals surface area contributed by atoms with Crippen LogP contribution in [0.4, 0.5) is 0 Å². The number of Topliss-reactive ketones (excluding diaryl/α,β-unsaturated/α-hetero) is 1. The van der Waals surface area contributed by atoms with Gasteiger partial charge in [-0.2, -0.15) is 0 Å². The highest BCUT2D eigenvalue weighted by Crippen LogP contribution is 2.06. The molecule has 0 aromatic heterocycles. The van der Waals surface area contributed by atoms with Crippen molar-refractivity contribution < 1.29 is 9.53 Å². The number of aryl methyl sites for hydroxylation is 1. The van der Waals surface area contributed by atoms with Crippen molar-refractivity contribution in [1.82, 2.24) is 5.32 Å². The van der Waals surface area contributed by atoms with Crippen molar-refractivity contribution >= 4 is 5.78 Å². The first-order valence-corrected chi connectivity index (χ1v) is 5.59. The van der Waals surface area contributed by atoms with E-state index in [2.05, 4.69) is 12.2 Å². The number of hydrogen-bond acceptors (Lipinski definition) is 3. The minimum atomic E-state index is 0.131. The Morgan fingerprint density at radius 1 is 1.44 bits per heavy atom. The Bertz CT molecular complexity index is 336. The van der Waals surface area contributed by atoms with Gasteiger partial charge >= 0.3 is 0 Å². The molecule has 3 nitrogen and oxygen atoms in total. The lowest BCUT2D eigenvalue weighted by molar-refractivity contribution is 0.0987. The molecule has 0 saturated carbocycles. The molecular formula is C13H19NO2. The summed E-state index contributed by atoms with van der Waals surface area (Å²) in [4.78, 5) is 11.8. The van der Waals surface area contributed by atoms with E-state index in [-0.39, 0.29) is 5.78 Å². The largest absolute Gasteiger partial charge is 0.383 e. The van der Waals surface area contributed by atoms with Crippen molar-refractivity contribution in [2.75, 3.05) is 26.8 Å². The van der Waals surface area contributed by atoms with E-state index in [4.69, 9.17) is 4.74 Å². The SMILES string of the molecule is CCc1cccc(C(=O)CNCCOC)c1. The van der Waals surface area contributed by atoms with Crippen molar-refractivity contribution in [3.8, 4) is 0 Å². The minimum Gasteiger partial charge on any atom is -0.383 e. The lowest BCUT2D eigenvalue weighted by Gasteiger charge is -2.04. The number of hydrogen-bond donors (Lipinski definition) is 1. The van der Waals surface area contributed by atoms with E-state index in [1.807, 2.05) is 24.3 Å². The summed E-state index contributed by atoms with van der Waals surface area (Å²) in [5.41, 5.74) is 1.98. The fourth-order valence-electron chi connectivity index (χ4n) is 1.44. The molecule has 1 aromatic rings. The first-order chi connectivity index (χ1) is 7.77. The number of carbonyl (C=O) groups is 1. The lowest BCUT2D eigenvalue weighted by Crippen LogP contribution is -2.26. The number of methoxy groups -OCH3 is 1. The first-order valence-electron chi connectivity index (χ1n) is 5.59. The normalized spacial score (nSPS) is 10.4. The molecule has 1 aromatic carbocycles. The second kappa shape index (κ2) is 7.14.